The lowest BCUT2D eigenvalue weighted by Gasteiger charge is -2.21. The maximum absolute atomic E-state index is 11.6. The Bertz CT molecular complexity index is 555. The minimum Gasteiger partial charge on any atom is -0.311 e. The van der Waals surface area contributed by atoms with Gasteiger partial charge in [-0.25, -0.2) is 13.1 Å². The number of hydrogen-bond donors (Lipinski definition) is 1. The average molecular weight is 325 g/mol. The Labute approximate surface area is 122 Å². The summed E-state index contributed by atoms with van der Waals surface area (Å²) in [5, 5.41) is 0.814. The van der Waals surface area contributed by atoms with E-state index in [2.05, 4.69) is 4.72 Å². The largest absolute Gasteiger partial charge is 0.311 e. The van der Waals surface area contributed by atoms with Crippen LogP contribution in [0.15, 0.2) is 18.2 Å². The highest BCUT2D eigenvalue weighted by Gasteiger charge is 2.13. The fourth-order valence-electron chi connectivity index (χ4n) is 1.51. The van der Waals surface area contributed by atoms with Crippen molar-refractivity contribution in [3.05, 3.63) is 28.2 Å². The number of sulfonamides is 1. The molecule has 0 aliphatic heterocycles. The van der Waals surface area contributed by atoms with Gasteiger partial charge in [0.05, 0.1) is 6.26 Å². The van der Waals surface area contributed by atoms with Crippen molar-refractivity contribution in [2.75, 3.05) is 24.2 Å². The van der Waals surface area contributed by atoms with Crippen LogP contribution in [0.25, 0.3) is 0 Å². The molecule has 0 heterocycles. The molecule has 1 aromatic rings. The highest BCUT2D eigenvalue weighted by Crippen LogP contribution is 2.25. The predicted octanol–water partition coefficient (Wildman–Crippen LogP) is 1.90. The van der Waals surface area contributed by atoms with Gasteiger partial charge >= 0.3 is 0 Å². The summed E-state index contributed by atoms with van der Waals surface area (Å²) in [5.74, 6) is -0.228. The van der Waals surface area contributed by atoms with Gasteiger partial charge < -0.3 is 4.90 Å². The Kier molecular flexibility index (Phi) is 5.61. The third-order valence-corrected chi connectivity index (χ3v) is 3.40. The zero-order valence-electron chi connectivity index (χ0n) is 10.5. The standard InChI is InChI=1S/C11H14Cl2N2O3S/c1-8(16)15(4-3-14-19(2,17)18)11-6-9(12)5-10(13)7-11/h5-7,14H,3-4H2,1-2H3. The van der Waals surface area contributed by atoms with Crippen LogP contribution in [-0.2, 0) is 14.8 Å². The number of amides is 1. The van der Waals surface area contributed by atoms with Gasteiger partial charge in [0.15, 0.2) is 0 Å². The maximum atomic E-state index is 11.6. The van der Waals surface area contributed by atoms with Crippen LogP contribution in [0, 0.1) is 0 Å². The van der Waals surface area contributed by atoms with Gasteiger partial charge in [-0.2, -0.15) is 0 Å². The quantitative estimate of drug-likeness (QED) is 0.899. The van der Waals surface area contributed by atoms with E-state index in [0.29, 0.717) is 15.7 Å². The van der Waals surface area contributed by atoms with Crippen LogP contribution >= 0.6 is 23.2 Å². The molecule has 0 radical (unpaired) electrons. The first-order chi connectivity index (χ1) is 8.69. The van der Waals surface area contributed by atoms with Crippen molar-refractivity contribution in [3.63, 3.8) is 0 Å². The number of nitrogens with one attached hydrogen (secondary N) is 1. The molecule has 0 atom stereocenters. The molecule has 8 heteroatoms. The topological polar surface area (TPSA) is 66.5 Å². The summed E-state index contributed by atoms with van der Waals surface area (Å²) in [4.78, 5) is 13.0. The zero-order valence-corrected chi connectivity index (χ0v) is 12.8. The van der Waals surface area contributed by atoms with Crippen LogP contribution in [0.2, 0.25) is 10.0 Å². The number of carbonyl (C=O) groups excluding carboxylic acids is 1. The first kappa shape index (κ1) is 16.2. The number of anilines is 1. The highest BCUT2D eigenvalue weighted by molar-refractivity contribution is 7.88. The molecule has 0 saturated carbocycles. The Morgan fingerprint density at radius 3 is 2.21 bits per heavy atom. The normalized spacial score (nSPS) is 11.4. The van der Waals surface area contributed by atoms with E-state index in [0.717, 1.165) is 6.26 Å². The molecule has 106 valence electrons. The van der Waals surface area contributed by atoms with Crippen molar-refractivity contribution in [3.8, 4) is 0 Å². The van der Waals surface area contributed by atoms with E-state index in [1.165, 1.54) is 11.8 Å². The number of nitrogens with zero attached hydrogens (tertiary/aromatic N) is 1. The summed E-state index contributed by atoms with van der Waals surface area (Å²) in [6, 6.07) is 4.74. The Balaban J connectivity index is 2.86. The van der Waals surface area contributed by atoms with E-state index >= 15 is 0 Å². The van der Waals surface area contributed by atoms with Gasteiger partial charge in [0.1, 0.15) is 0 Å². The number of halogens is 2. The molecule has 0 saturated heterocycles. The Hall–Kier alpha value is -0.820. The van der Waals surface area contributed by atoms with Crippen LogP contribution in [-0.4, -0.2) is 33.7 Å². The molecule has 1 amide bonds. The zero-order chi connectivity index (χ0) is 14.6. The summed E-state index contributed by atoms with van der Waals surface area (Å²) in [6.07, 6.45) is 1.06. The third kappa shape index (κ3) is 5.78. The Morgan fingerprint density at radius 1 is 1.26 bits per heavy atom. The molecule has 0 unspecified atom stereocenters. The third-order valence-electron chi connectivity index (χ3n) is 2.24. The lowest BCUT2D eigenvalue weighted by Crippen LogP contribution is -2.37. The molecular formula is C11H14Cl2N2O3S. The molecule has 0 spiro atoms. The lowest BCUT2D eigenvalue weighted by molar-refractivity contribution is -0.116. The number of rotatable bonds is 5. The van der Waals surface area contributed by atoms with E-state index in [-0.39, 0.29) is 19.0 Å². The molecule has 0 aliphatic rings. The van der Waals surface area contributed by atoms with Gasteiger partial charge in [-0.3, -0.25) is 4.79 Å². The maximum Gasteiger partial charge on any atom is 0.223 e. The van der Waals surface area contributed by atoms with Gasteiger partial charge in [-0.15, -0.1) is 0 Å². The average Bonchev–Trinajstić information content (AvgIpc) is 2.20. The van der Waals surface area contributed by atoms with Crippen LogP contribution in [0.4, 0.5) is 5.69 Å². The monoisotopic (exact) mass is 324 g/mol. The molecule has 0 aliphatic carbocycles. The van der Waals surface area contributed by atoms with E-state index in [9.17, 15) is 13.2 Å². The van der Waals surface area contributed by atoms with Gasteiger partial charge in [0.25, 0.3) is 0 Å². The number of benzene rings is 1. The highest BCUT2D eigenvalue weighted by atomic mass is 35.5. The molecular weight excluding hydrogens is 311 g/mol. The van der Waals surface area contributed by atoms with Crippen molar-refractivity contribution in [2.45, 2.75) is 6.92 Å². The summed E-state index contributed by atoms with van der Waals surface area (Å²) < 4.78 is 24.3. The molecule has 1 aromatic carbocycles. The molecule has 0 fully saturated rings. The van der Waals surface area contributed by atoms with Crippen LogP contribution in [0.5, 0.6) is 0 Å². The fourth-order valence-corrected chi connectivity index (χ4v) is 2.48. The molecule has 0 aromatic heterocycles. The van der Waals surface area contributed by atoms with Crippen molar-refractivity contribution in [2.24, 2.45) is 0 Å². The number of hydrogen-bond acceptors (Lipinski definition) is 3. The van der Waals surface area contributed by atoms with E-state index in [1.54, 1.807) is 18.2 Å². The van der Waals surface area contributed by atoms with Crippen LogP contribution in [0.1, 0.15) is 6.92 Å². The van der Waals surface area contributed by atoms with Crippen LogP contribution < -0.4 is 9.62 Å². The van der Waals surface area contributed by atoms with Crippen molar-refractivity contribution < 1.29 is 13.2 Å². The smallest absolute Gasteiger partial charge is 0.223 e. The fraction of sp³-hybridized carbons (Fsp3) is 0.364. The van der Waals surface area contributed by atoms with Crippen molar-refractivity contribution in [1.29, 1.82) is 0 Å². The second-order valence-corrected chi connectivity index (χ2v) is 6.67. The van der Waals surface area contributed by atoms with E-state index in [1.807, 2.05) is 0 Å². The molecule has 1 rings (SSSR count). The van der Waals surface area contributed by atoms with Crippen molar-refractivity contribution >= 4 is 44.8 Å². The SMILES string of the molecule is CC(=O)N(CCNS(C)(=O)=O)c1cc(Cl)cc(Cl)c1. The van der Waals surface area contributed by atoms with Gasteiger partial charge in [0.2, 0.25) is 15.9 Å². The molecule has 5 nitrogen and oxygen atoms in total. The van der Waals surface area contributed by atoms with Crippen LogP contribution in [0.3, 0.4) is 0 Å². The molecule has 19 heavy (non-hydrogen) atoms. The second kappa shape index (κ2) is 6.56. The number of carbonyl (C=O) groups is 1. The summed E-state index contributed by atoms with van der Waals surface area (Å²) >= 11 is 11.7. The minimum absolute atomic E-state index is 0.114. The minimum atomic E-state index is -3.28. The van der Waals surface area contributed by atoms with Gasteiger partial charge in [-0.05, 0) is 18.2 Å². The second-order valence-electron chi connectivity index (χ2n) is 3.96. The van der Waals surface area contributed by atoms with Gasteiger partial charge in [0, 0.05) is 35.7 Å². The lowest BCUT2D eigenvalue weighted by atomic mass is 10.3. The first-order valence-corrected chi connectivity index (χ1v) is 8.02. The predicted molar refractivity (Wildman–Crippen MR) is 77.3 cm³/mol. The summed E-state index contributed by atoms with van der Waals surface area (Å²) in [5.41, 5.74) is 0.528. The summed E-state index contributed by atoms with van der Waals surface area (Å²) in [6.45, 7) is 1.69. The Morgan fingerprint density at radius 2 is 1.79 bits per heavy atom. The summed E-state index contributed by atoms with van der Waals surface area (Å²) in [7, 11) is -3.28. The van der Waals surface area contributed by atoms with Crippen molar-refractivity contribution in [1.82, 2.24) is 4.72 Å². The molecule has 0 bridgehead atoms. The van der Waals surface area contributed by atoms with Gasteiger partial charge in [-0.1, -0.05) is 23.2 Å². The van der Waals surface area contributed by atoms with E-state index in [4.69, 9.17) is 23.2 Å². The van der Waals surface area contributed by atoms with E-state index < -0.39 is 10.0 Å². The molecule has 1 N–H and O–H groups in total. The first-order valence-electron chi connectivity index (χ1n) is 5.38.